The van der Waals surface area contributed by atoms with Gasteiger partial charge in [-0.25, -0.2) is 0 Å². The van der Waals surface area contributed by atoms with E-state index in [9.17, 15) is 0 Å². The molecule has 30 valence electrons. The topological polar surface area (TPSA) is 52.0 Å². The third-order valence-corrected chi connectivity index (χ3v) is 0.285. The zero-order valence-corrected chi connectivity index (χ0v) is 3.37. The van der Waals surface area contributed by atoms with E-state index in [4.69, 9.17) is 23.1 Å². The third-order valence-electron chi connectivity index (χ3n) is 0.159. The lowest BCUT2D eigenvalue weighted by Crippen LogP contribution is -1.90. The summed E-state index contributed by atoms with van der Waals surface area (Å²) >= 11 is 4.98. The molecule has 3 heteroatoms. The van der Waals surface area contributed by atoms with Crippen LogP contribution in [-0.2, 0) is 0 Å². The van der Waals surface area contributed by atoms with Gasteiger partial charge in [0.2, 0.25) is 0 Å². The summed E-state index contributed by atoms with van der Waals surface area (Å²) in [6.45, 7) is 0. The van der Waals surface area contributed by atoms with E-state index in [-0.39, 0.29) is 5.16 Å². The van der Waals surface area contributed by atoms with Gasteiger partial charge in [-0.05, 0) is 0 Å². The van der Waals surface area contributed by atoms with Crippen molar-refractivity contribution in [3.63, 3.8) is 0 Å². The Morgan fingerprint density at radius 1 is 1.80 bits per heavy atom. The quantitative estimate of drug-likeness (QED) is 0.412. The molecule has 0 aromatic carbocycles. The molecule has 0 saturated carbocycles. The number of rotatable bonds is 0. The van der Waals surface area contributed by atoms with Crippen LogP contribution in [0.1, 0.15) is 0 Å². The van der Waals surface area contributed by atoms with Crippen LogP contribution >= 0.6 is 11.6 Å². The average molecular weight is 92.5 g/mol. The van der Waals surface area contributed by atoms with Gasteiger partial charge < -0.3 is 11.5 Å². The SMILES string of the molecule is N/C=C(\N)Cl. The minimum atomic E-state index is 0.130. The fourth-order valence-electron chi connectivity index (χ4n) is 0. The van der Waals surface area contributed by atoms with E-state index in [1.54, 1.807) is 0 Å². The summed E-state index contributed by atoms with van der Waals surface area (Å²) in [6, 6.07) is 0. The molecule has 0 atom stereocenters. The standard InChI is InChI=1S/C2H5ClN2/c3-2(5)1-4/h1H,4-5H2/b2-1-. The zero-order chi connectivity index (χ0) is 4.28. The first-order chi connectivity index (χ1) is 2.27. The molecule has 0 saturated heterocycles. The second kappa shape index (κ2) is 1.91. The van der Waals surface area contributed by atoms with E-state index < -0.39 is 0 Å². The molecule has 4 N–H and O–H groups in total. The van der Waals surface area contributed by atoms with E-state index in [0.717, 1.165) is 6.20 Å². The van der Waals surface area contributed by atoms with Crippen molar-refractivity contribution in [3.8, 4) is 0 Å². The number of halogens is 1. The van der Waals surface area contributed by atoms with Crippen LogP contribution in [0, 0.1) is 0 Å². The Labute approximate surface area is 35.4 Å². The monoisotopic (exact) mass is 92.0 g/mol. The molecule has 0 rings (SSSR count). The Hall–Kier alpha value is -0.370. The second-order valence-corrected chi connectivity index (χ2v) is 0.988. The van der Waals surface area contributed by atoms with E-state index in [2.05, 4.69) is 0 Å². The molecular formula is C2H5ClN2. The smallest absolute Gasteiger partial charge is 0.115 e. The zero-order valence-electron chi connectivity index (χ0n) is 2.61. The van der Waals surface area contributed by atoms with Gasteiger partial charge >= 0.3 is 0 Å². The summed E-state index contributed by atoms with van der Waals surface area (Å²) in [7, 11) is 0. The molecule has 0 aromatic heterocycles. The fourth-order valence-corrected chi connectivity index (χ4v) is 0. The highest BCUT2D eigenvalue weighted by Gasteiger charge is 1.64. The molecule has 0 fully saturated rings. The van der Waals surface area contributed by atoms with E-state index in [1.807, 2.05) is 0 Å². The van der Waals surface area contributed by atoms with E-state index in [0.29, 0.717) is 0 Å². The first kappa shape index (κ1) is 4.63. The Morgan fingerprint density at radius 3 is 2.00 bits per heavy atom. The molecule has 2 nitrogen and oxygen atoms in total. The van der Waals surface area contributed by atoms with E-state index >= 15 is 0 Å². The minimum Gasteiger partial charge on any atom is -0.402 e. The van der Waals surface area contributed by atoms with Crippen molar-refractivity contribution in [2.45, 2.75) is 0 Å². The molecule has 0 heterocycles. The predicted molar refractivity (Wildman–Crippen MR) is 22.3 cm³/mol. The van der Waals surface area contributed by atoms with Gasteiger partial charge in [0.05, 0.1) is 0 Å². The van der Waals surface area contributed by atoms with Crippen molar-refractivity contribution in [1.82, 2.24) is 0 Å². The van der Waals surface area contributed by atoms with Gasteiger partial charge in [-0.15, -0.1) is 0 Å². The highest BCUT2D eigenvalue weighted by atomic mass is 35.5. The lowest BCUT2D eigenvalue weighted by Gasteiger charge is -1.73. The number of nitrogens with two attached hydrogens (primary N) is 2. The first-order valence-electron chi connectivity index (χ1n) is 1.10. The molecule has 0 aliphatic rings. The molecule has 0 amide bonds. The Balaban J connectivity index is 3.14. The summed E-state index contributed by atoms with van der Waals surface area (Å²) in [4.78, 5) is 0. The van der Waals surface area contributed by atoms with Crippen molar-refractivity contribution in [2.75, 3.05) is 0 Å². The van der Waals surface area contributed by atoms with Crippen LogP contribution in [0.15, 0.2) is 11.4 Å². The molecule has 0 aliphatic heterocycles. The Morgan fingerprint density at radius 2 is 2.00 bits per heavy atom. The van der Waals surface area contributed by atoms with E-state index in [1.165, 1.54) is 0 Å². The van der Waals surface area contributed by atoms with Gasteiger partial charge in [0.25, 0.3) is 0 Å². The van der Waals surface area contributed by atoms with Gasteiger partial charge in [-0.3, -0.25) is 0 Å². The van der Waals surface area contributed by atoms with Crippen LogP contribution in [0.4, 0.5) is 0 Å². The summed E-state index contributed by atoms with van der Waals surface area (Å²) in [5.41, 5.74) is 9.55. The van der Waals surface area contributed by atoms with Crippen molar-refractivity contribution >= 4 is 11.6 Å². The van der Waals surface area contributed by atoms with Gasteiger partial charge in [0, 0.05) is 6.20 Å². The summed E-state index contributed by atoms with van der Waals surface area (Å²) < 4.78 is 0. The summed E-state index contributed by atoms with van der Waals surface area (Å²) in [5, 5.41) is 0.130. The van der Waals surface area contributed by atoms with Crippen LogP contribution < -0.4 is 11.5 Å². The van der Waals surface area contributed by atoms with Crippen molar-refractivity contribution < 1.29 is 0 Å². The number of hydrogen-bond donors (Lipinski definition) is 2. The van der Waals surface area contributed by atoms with Crippen molar-refractivity contribution in [2.24, 2.45) is 11.5 Å². The highest BCUT2D eigenvalue weighted by Crippen LogP contribution is 1.80. The lowest BCUT2D eigenvalue weighted by atomic mass is 11.0. The normalized spacial score (nSPS) is 11.8. The molecule has 0 aliphatic carbocycles. The Kier molecular flexibility index (Phi) is 1.76. The molecule has 0 spiro atoms. The molecule has 0 radical (unpaired) electrons. The summed E-state index contributed by atoms with van der Waals surface area (Å²) in [5.74, 6) is 0. The largest absolute Gasteiger partial charge is 0.402 e. The van der Waals surface area contributed by atoms with Gasteiger partial charge in [-0.2, -0.15) is 0 Å². The lowest BCUT2D eigenvalue weighted by molar-refractivity contribution is 1.45. The molecule has 0 aromatic rings. The van der Waals surface area contributed by atoms with Crippen LogP contribution in [0.25, 0.3) is 0 Å². The molecule has 0 bridgehead atoms. The maximum absolute atomic E-state index is 4.98. The molecule has 5 heavy (non-hydrogen) atoms. The Bertz CT molecular complexity index is 45.6. The minimum absolute atomic E-state index is 0.130. The third kappa shape index (κ3) is 3.63. The van der Waals surface area contributed by atoms with Crippen LogP contribution in [0.3, 0.4) is 0 Å². The van der Waals surface area contributed by atoms with Gasteiger partial charge in [0.15, 0.2) is 0 Å². The number of hydrogen-bond acceptors (Lipinski definition) is 2. The maximum Gasteiger partial charge on any atom is 0.115 e. The van der Waals surface area contributed by atoms with Crippen molar-refractivity contribution in [1.29, 1.82) is 0 Å². The average Bonchev–Trinajstić information content (AvgIpc) is 1.38. The first-order valence-corrected chi connectivity index (χ1v) is 1.48. The van der Waals surface area contributed by atoms with Crippen LogP contribution in [0.2, 0.25) is 0 Å². The van der Waals surface area contributed by atoms with Crippen LogP contribution in [-0.4, -0.2) is 0 Å². The fraction of sp³-hybridized carbons (Fsp3) is 0. The van der Waals surface area contributed by atoms with Gasteiger partial charge in [-0.1, -0.05) is 11.6 Å². The maximum atomic E-state index is 4.98. The highest BCUT2D eigenvalue weighted by molar-refractivity contribution is 6.28. The summed E-state index contributed by atoms with van der Waals surface area (Å²) in [6.07, 6.45) is 1.13. The second-order valence-electron chi connectivity index (χ2n) is 0.552. The molecular weight excluding hydrogens is 87.5 g/mol. The van der Waals surface area contributed by atoms with Crippen LogP contribution in [0.5, 0.6) is 0 Å². The van der Waals surface area contributed by atoms with Crippen molar-refractivity contribution in [3.05, 3.63) is 11.4 Å². The molecule has 0 unspecified atom stereocenters. The predicted octanol–water partition coefficient (Wildman–Crippen LogP) is -0.0585. The van der Waals surface area contributed by atoms with Gasteiger partial charge in [0.1, 0.15) is 5.16 Å².